The zero-order chi connectivity index (χ0) is 18.8. The number of aromatic nitrogens is 1. The van der Waals surface area contributed by atoms with E-state index in [-0.39, 0.29) is 22.5 Å². The number of nitro benzene ring substituents is 1. The van der Waals surface area contributed by atoms with Crippen molar-refractivity contribution in [3.63, 3.8) is 0 Å². The Morgan fingerprint density at radius 1 is 1.32 bits per heavy atom. The summed E-state index contributed by atoms with van der Waals surface area (Å²) in [5.74, 6) is -0.764. The van der Waals surface area contributed by atoms with E-state index in [9.17, 15) is 32.9 Å². The van der Waals surface area contributed by atoms with Crippen molar-refractivity contribution in [3.05, 3.63) is 68.1 Å². The van der Waals surface area contributed by atoms with Crippen molar-refractivity contribution in [2.45, 2.75) is 19.6 Å². The molecule has 1 aromatic heterocycles. The molecule has 7 nitrogen and oxygen atoms in total. The fraction of sp³-hybridized carbons (Fsp3) is 0.200. The van der Waals surface area contributed by atoms with Crippen LogP contribution in [-0.2, 0) is 6.54 Å². The Labute approximate surface area is 138 Å². The highest BCUT2D eigenvalue weighted by atomic mass is 19.4. The van der Waals surface area contributed by atoms with Crippen molar-refractivity contribution in [1.29, 1.82) is 0 Å². The van der Waals surface area contributed by atoms with Gasteiger partial charge in [-0.05, 0) is 31.2 Å². The lowest BCUT2D eigenvalue weighted by atomic mass is 10.1. The number of pyridine rings is 1. The molecule has 10 heteroatoms. The highest BCUT2D eigenvalue weighted by Crippen LogP contribution is 2.20. The summed E-state index contributed by atoms with van der Waals surface area (Å²) < 4.78 is 37.7. The number of amides is 1. The van der Waals surface area contributed by atoms with Gasteiger partial charge in [0.15, 0.2) is 0 Å². The van der Waals surface area contributed by atoms with Crippen LogP contribution in [0.5, 0.6) is 0 Å². The van der Waals surface area contributed by atoms with E-state index in [4.69, 9.17) is 0 Å². The van der Waals surface area contributed by atoms with Gasteiger partial charge in [0, 0.05) is 23.4 Å². The molecule has 25 heavy (non-hydrogen) atoms. The largest absolute Gasteiger partial charge is 0.406 e. The maximum atomic E-state index is 12.4. The molecule has 2 rings (SSSR count). The Kier molecular flexibility index (Phi) is 4.91. The number of aryl methyl sites for hydroxylation is 1. The van der Waals surface area contributed by atoms with Gasteiger partial charge in [-0.25, -0.2) is 0 Å². The van der Waals surface area contributed by atoms with Crippen LogP contribution in [0.15, 0.2) is 41.3 Å². The van der Waals surface area contributed by atoms with Gasteiger partial charge in [-0.3, -0.25) is 19.7 Å². The number of rotatable bonds is 4. The average Bonchev–Trinajstić information content (AvgIpc) is 2.49. The van der Waals surface area contributed by atoms with E-state index in [0.717, 1.165) is 12.3 Å². The number of halogens is 3. The van der Waals surface area contributed by atoms with Crippen LogP contribution in [-0.4, -0.2) is 21.6 Å². The number of carbonyl (C=O) groups is 1. The molecule has 1 N–H and O–H groups in total. The van der Waals surface area contributed by atoms with Gasteiger partial charge < -0.3 is 9.88 Å². The quantitative estimate of drug-likeness (QED) is 0.674. The molecule has 0 saturated carbocycles. The molecule has 1 aromatic carbocycles. The van der Waals surface area contributed by atoms with Gasteiger partial charge in [0.05, 0.1) is 4.92 Å². The summed E-state index contributed by atoms with van der Waals surface area (Å²) in [5.41, 5.74) is -1.24. The highest BCUT2D eigenvalue weighted by Gasteiger charge is 2.28. The monoisotopic (exact) mass is 355 g/mol. The predicted molar refractivity (Wildman–Crippen MR) is 82.5 cm³/mol. The number of hydrogen-bond acceptors (Lipinski definition) is 4. The maximum absolute atomic E-state index is 12.4. The van der Waals surface area contributed by atoms with Gasteiger partial charge in [0.25, 0.3) is 17.2 Å². The first-order chi connectivity index (χ1) is 11.6. The van der Waals surface area contributed by atoms with Gasteiger partial charge >= 0.3 is 6.18 Å². The Morgan fingerprint density at radius 3 is 2.56 bits per heavy atom. The van der Waals surface area contributed by atoms with Crippen molar-refractivity contribution in [1.82, 2.24) is 4.57 Å². The minimum atomic E-state index is -4.58. The molecule has 1 amide bonds. The SMILES string of the molecule is Cc1cc(C(=O)Nc2cccn(CC(F)(F)F)c2=O)ccc1[N+](=O)[O-]. The van der Waals surface area contributed by atoms with E-state index in [2.05, 4.69) is 5.32 Å². The normalized spacial score (nSPS) is 11.2. The Morgan fingerprint density at radius 2 is 2.00 bits per heavy atom. The Balaban J connectivity index is 2.27. The lowest BCUT2D eigenvalue weighted by Gasteiger charge is -2.11. The molecule has 0 saturated heterocycles. The van der Waals surface area contributed by atoms with E-state index < -0.39 is 29.1 Å². The summed E-state index contributed by atoms with van der Waals surface area (Å²) >= 11 is 0. The fourth-order valence-electron chi connectivity index (χ4n) is 2.15. The number of alkyl halides is 3. The summed E-state index contributed by atoms with van der Waals surface area (Å²) in [7, 11) is 0. The molecule has 0 fully saturated rings. The topological polar surface area (TPSA) is 94.2 Å². The first-order valence-corrected chi connectivity index (χ1v) is 6.91. The van der Waals surface area contributed by atoms with Crippen molar-refractivity contribution in [2.24, 2.45) is 0 Å². The minimum absolute atomic E-state index is 0.0359. The molecule has 0 radical (unpaired) electrons. The van der Waals surface area contributed by atoms with Crippen LogP contribution in [0, 0.1) is 17.0 Å². The average molecular weight is 355 g/mol. The van der Waals surface area contributed by atoms with Crippen molar-refractivity contribution < 1.29 is 22.9 Å². The zero-order valence-electron chi connectivity index (χ0n) is 12.8. The van der Waals surface area contributed by atoms with E-state index in [1.807, 2.05) is 0 Å². The van der Waals surface area contributed by atoms with Gasteiger partial charge in [-0.2, -0.15) is 13.2 Å². The number of nitrogens with one attached hydrogen (secondary N) is 1. The summed E-state index contributed by atoms with van der Waals surface area (Å²) in [4.78, 5) is 34.3. The lowest BCUT2D eigenvalue weighted by molar-refractivity contribution is -0.385. The highest BCUT2D eigenvalue weighted by molar-refractivity contribution is 6.04. The zero-order valence-corrected chi connectivity index (χ0v) is 12.8. The Hall–Kier alpha value is -3.17. The summed E-state index contributed by atoms with van der Waals surface area (Å²) in [6, 6.07) is 5.95. The van der Waals surface area contributed by atoms with Crippen molar-refractivity contribution in [3.8, 4) is 0 Å². The van der Waals surface area contributed by atoms with Crippen molar-refractivity contribution >= 4 is 17.3 Å². The second-order valence-corrected chi connectivity index (χ2v) is 5.18. The predicted octanol–water partition coefficient (Wildman–Crippen LogP) is 2.88. The second kappa shape index (κ2) is 6.75. The maximum Gasteiger partial charge on any atom is 0.406 e. The van der Waals surface area contributed by atoms with Gasteiger partial charge in [-0.1, -0.05) is 0 Å². The molecule has 0 unspecified atom stereocenters. The molecular weight excluding hydrogens is 343 g/mol. The number of carbonyl (C=O) groups excluding carboxylic acids is 1. The third-order valence-electron chi connectivity index (χ3n) is 3.27. The molecule has 0 atom stereocenters. The molecule has 0 bridgehead atoms. The van der Waals surface area contributed by atoms with Crippen LogP contribution in [0.4, 0.5) is 24.5 Å². The lowest BCUT2D eigenvalue weighted by Crippen LogP contribution is -2.30. The number of anilines is 1. The van der Waals surface area contributed by atoms with Crippen LogP contribution in [0.25, 0.3) is 0 Å². The molecule has 0 aliphatic heterocycles. The fourth-order valence-corrected chi connectivity index (χ4v) is 2.15. The van der Waals surface area contributed by atoms with Crippen LogP contribution >= 0.6 is 0 Å². The molecule has 1 heterocycles. The second-order valence-electron chi connectivity index (χ2n) is 5.18. The third-order valence-corrected chi connectivity index (χ3v) is 3.27. The molecule has 0 aliphatic carbocycles. The van der Waals surface area contributed by atoms with Gasteiger partial charge in [-0.15, -0.1) is 0 Å². The van der Waals surface area contributed by atoms with Crippen LogP contribution in [0.1, 0.15) is 15.9 Å². The number of nitrogens with zero attached hydrogens (tertiary/aromatic N) is 2. The number of hydrogen-bond donors (Lipinski definition) is 1. The first kappa shape index (κ1) is 18.2. The van der Waals surface area contributed by atoms with E-state index >= 15 is 0 Å². The first-order valence-electron chi connectivity index (χ1n) is 6.91. The molecule has 132 valence electrons. The smallest absolute Gasteiger partial charge is 0.317 e. The van der Waals surface area contributed by atoms with E-state index in [0.29, 0.717) is 4.57 Å². The summed E-state index contributed by atoms with van der Waals surface area (Å²) in [6.07, 6.45) is -3.62. The Bertz CT molecular complexity index is 890. The van der Waals surface area contributed by atoms with E-state index in [1.54, 1.807) is 0 Å². The summed E-state index contributed by atoms with van der Waals surface area (Å²) in [5, 5.41) is 13.0. The third kappa shape index (κ3) is 4.43. The number of nitro groups is 1. The van der Waals surface area contributed by atoms with Crippen LogP contribution in [0.2, 0.25) is 0 Å². The molecule has 2 aromatic rings. The molecule has 0 aliphatic rings. The van der Waals surface area contributed by atoms with E-state index in [1.165, 1.54) is 31.2 Å². The van der Waals surface area contributed by atoms with Crippen LogP contribution < -0.4 is 10.9 Å². The summed E-state index contributed by atoms with van der Waals surface area (Å²) in [6.45, 7) is -0.0417. The number of benzene rings is 1. The van der Waals surface area contributed by atoms with Gasteiger partial charge in [0.1, 0.15) is 12.2 Å². The standard InChI is InChI=1S/C15H12F3N3O4/c1-9-7-10(4-5-12(9)21(24)25)13(22)19-11-3-2-6-20(14(11)23)8-15(16,17)18/h2-7H,8H2,1H3,(H,19,22). The minimum Gasteiger partial charge on any atom is -0.317 e. The molecular formula is C15H12F3N3O4. The molecule has 0 spiro atoms. The van der Waals surface area contributed by atoms with Gasteiger partial charge in [0.2, 0.25) is 0 Å². The van der Waals surface area contributed by atoms with Crippen molar-refractivity contribution in [2.75, 3.05) is 5.32 Å². The van der Waals surface area contributed by atoms with Crippen LogP contribution in [0.3, 0.4) is 0 Å².